The fourth-order valence-corrected chi connectivity index (χ4v) is 1.41. The van der Waals surface area contributed by atoms with E-state index in [1.54, 1.807) is 0 Å². The Morgan fingerprint density at radius 1 is 1.61 bits per heavy atom. The van der Waals surface area contributed by atoms with Crippen LogP contribution < -0.4 is 22.3 Å². The number of nitrogens with zero attached hydrogens (tertiary/aromatic N) is 1. The average molecular weight is 275 g/mol. The summed E-state index contributed by atoms with van der Waals surface area (Å²) in [6, 6.07) is 0. The molecule has 0 aliphatic carbocycles. The van der Waals surface area contributed by atoms with E-state index in [1.807, 2.05) is 0 Å². The molecule has 0 aliphatic heterocycles. The van der Waals surface area contributed by atoms with Gasteiger partial charge in [0, 0.05) is 12.1 Å². The number of H-pyrrole nitrogens is 1. The van der Waals surface area contributed by atoms with E-state index in [9.17, 15) is 9.59 Å². The molecule has 0 aromatic carbocycles. The van der Waals surface area contributed by atoms with Crippen LogP contribution in [-0.4, -0.2) is 29.8 Å². The van der Waals surface area contributed by atoms with E-state index in [1.165, 1.54) is 11.7 Å². The highest BCUT2D eigenvalue weighted by Gasteiger charge is 2.11. The summed E-state index contributed by atoms with van der Waals surface area (Å²) in [4.78, 5) is 25.3. The third-order valence-corrected chi connectivity index (χ3v) is 2.35. The number of ether oxygens (including phenoxy) is 1. The molecule has 1 aromatic heterocycles. The molecule has 8 heteroatoms. The summed E-state index contributed by atoms with van der Waals surface area (Å²) in [5, 5.41) is 3.05. The van der Waals surface area contributed by atoms with Crippen molar-refractivity contribution in [3.05, 3.63) is 32.4 Å². The summed E-state index contributed by atoms with van der Waals surface area (Å²) < 4.78 is 6.07. The van der Waals surface area contributed by atoms with Crippen LogP contribution in [0.2, 0.25) is 0 Å². The minimum absolute atomic E-state index is 0.0405. The molecule has 0 aliphatic rings. The molecule has 7 nitrogen and oxygen atoms in total. The molecular formula is C10H15ClN4O3. The summed E-state index contributed by atoms with van der Waals surface area (Å²) in [5.74, 6) is 0.0405. The molecule has 0 radical (unpaired) electrons. The molecule has 0 saturated carbocycles. The maximum atomic E-state index is 11.6. The predicted molar refractivity (Wildman–Crippen MR) is 71.1 cm³/mol. The van der Waals surface area contributed by atoms with Crippen LogP contribution in [0.5, 0.6) is 0 Å². The van der Waals surface area contributed by atoms with Crippen LogP contribution in [0.25, 0.3) is 0 Å². The standard InChI is InChI=1S/C10H15ClN4O3/c1-6(11)5-13-7-8(12)15(3-4-18-2)10(17)14-9(7)16/h13H,1,3-5,12H2,2H3,(H,14,16,17). The Kier molecular flexibility index (Phi) is 4.99. The summed E-state index contributed by atoms with van der Waals surface area (Å²) in [6.45, 7) is 4.21. The highest BCUT2D eigenvalue weighted by Crippen LogP contribution is 2.10. The predicted octanol–water partition coefficient (Wildman–Crippen LogP) is -0.0704. The molecule has 18 heavy (non-hydrogen) atoms. The molecule has 0 saturated heterocycles. The van der Waals surface area contributed by atoms with Crippen molar-refractivity contribution in [1.29, 1.82) is 0 Å². The lowest BCUT2D eigenvalue weighted by Crippen LogP contribution is -2.35. The Bertz CT molecular complexity index is 549. The molecule has 0 atom stereocenters. The Morgan fingerprint density at radius 2 is 2.28 bits per heavy atom. The third-order valence-electron chi connectivity index (χ3n) is 2.22. The van der Waals surface area contributed by atoms with E-state index < -0.39 is 11.2 Å². The number of anilines is 2. The SMILES string of the molecule is C=C(Cl)CNc1c(N)n(CCOC)c(=O)[nH]c1=O. The molecule has 0 unspecified atom stereocenters. The maximum absolute atomic E-state index is 11.6. The number of nitrogens with two attached hydrogens (primary N) is 1. The van der Waals surface area contributed by atoms with Crippen molar-refractivity contribution in [2.24, 2.45) is 0 Å². The quantitative estimate of drug-likeness (QED) is 0.674. The third kappa shape index (κ3) is 3.38. The van der Waals surface area contributed by atoms with E-state index in [-0.39, 0.29) is 24.6 Å². The van der Waals surface area contributed by atoms with E-state index in [0.717, 1.165) is 0 Å². The second-order valence-corrected chi connectivity index (χ2v) is 4.07. The van der Waals surface area contributed by atoms with E-state index >= 15 is 0 Å². The average Bonchev–Trinajstić information content (AvgIpc) is 2.27. The zero-order valence-corrected chi connectivity index (χ0v) is 10.7. The van der Waals surface area contributed by atoms with Gasteiger partial charge < -0.3 is 15.8 Å². The summed E-state index contributed by atoms with van der Waals surface area (Å²) in [6.07, 6.45) is 0. The van der Waals surface area contributed by atoms with Crippen LogP contribution in [-0.2, 0) is 11.3 Å². The van der Waals surface area contributed by atoms with Gasteiger partial charge in [-0.2, -0.15) is 0 Å². The van der Waals surface area contributed by atoms with Crippen molar-refractivity contribution < 1.29 is 4.74 Å². The molecule has 100 valence electrons. The summed E-state index contributed by atoms with van der Waals surface area (Å²) in [7, 11) is 1.50. The first-order valence-corrected chi connectivity index (χ1v) is 5.53. The summed E-state index contributed by atoms with van der Waals surface area (Å²) in [5.41, 5.74) is 4.68. The molecule has 0 fully saturated rings. The van der Waals surface area contributed by atoms with Crippen molar-refractivity contribution in [3.8, 4) is 0 Å². The maximum Gasteiger partial charge on any atom is 0.330 e. The number of rotatable bonds is 6. The summed E-state index contributed by atoms with van der Waals surface area (Å²) >= 11 is 5.59. The van der Waals surface area contributed by atoms with Gasteiger partial charge in [0.25, 0.3) is 5.56 Å². The Hall–Kier alpha value is -1.73. The highest BCUT2D eigenvalue weighted by atomic mass is 35.5. The van der Waals surface area contributed by atoms with Crippen LogP contribution in [0.15, 0.2) is 21.2 Å². The molecule has 0 bridgehead atoms. The van der Waals surface area contributed by atoms with Crippen molar-refractivity contribution >= 4 is 23.1 Å². The van der Waals surface area contributed by atoms with Gasteiger partial charge in [-0.3, -0.25) is 14.3 Å². The zero-order valence-electron chi connectivity index (χ0n) is 9.96. The number of hydrogen-bond acceptors (Lipinski definition) is 5. The normalized spacial score (nSPS) is 10.3. The van der Waals surface area contributed by atoms with Gasteiger partial charge in [0.1, 0.15) is 11.5 Å². The number of methoxy groups -OCH3 is 1. The molecule has 0 amide bonds. The van der Waals surface area contributed by atoms with Crippen molar-refractivity contribution in [3.63, 3.8) is 0 Å². The first-order chi connectivity index (χ1) is 8.47. The fraction of sp³-hybridized carbons (Fsp3) is 0.400. The van der Waals surface area contributed by atoms with E-state index in [4.69, 9.17) is 22.1 Å². The second-order valence-electron chi connectivity index (χ2n) is 3.53. The number of halogens is 1. The topological polar surface area (TPSA) is 102 Å². The van der Waals surface area contributed by atoms with Crippen LogP contribution in [0, 0.1) is 0 Å². The van der Waals surface area contributed by atoms with Gasteiger partial charge in [0.15, 0.2) is 0 Å². The van der Waals surface area contributed by atoms with Gasteiger partial charge >= 0.3 is 5.69 Å². The fourth-order valence-electron chi connectivity index (χ4n) is 1.35. The van der Waals surface area contributed by atoms with Crippen LogP contribution in [0.4, 0.5) is 11.5 Å². The number of aromatic nitrogens is 2. The highest BCUT2D eigenvalue weighted by molar-refractivity contribution is 6.29. The smallest absolute Gasteiger partial charge is 0.330 e. The largest absolute Gasteiger partial charge is 0.383 e. The lowest BCUT2D eigenvalue weighted by molar-refractivity contribution is 0.186. The number of nitrogens with one attached hydrogen (secondary N) is 2. The van der Waals surface area contributed by atoms with Gasteiger partial charge in [-0.25, -0.2) is 4.79 Å². The number of aromatic amines is 1. The molecular weight excluding hydrogens is 260 g/mol. The zero-order chi connectivity index (χ0) is 13.7. The molecule has 1 heterocycles. The monoisotopic (exact) mass is 274 g/mol. The van der Waals surface area contributed by atoms with Crippen molar-refractivity contribution in [2.45, 2.75) is 6.54 Å². The number of hydrogen-bond donors (Lipinski definition) is 3. The van der Waals surface area contributed by atoms with Crippen LogP contribution in [0.3, 0.4) is 0 Å². The van der Waals surface area contributed by atoms with Crippen LogP contribution in [0.1, 0.15) is 0 Å². The van der Waals surface area contributed by atoms with E-state index in [0.29, 0.717) is 11.6 Å². The van der Waals surface area contributed by atoms with E-state index in [2.05, 4.69) is 16.9 Å². The van der Waals surface area contributed by atoms with Crippen molar-refractivity contribution in [1.82, 2.24) is 9.55 Å². The minimum Gasteiger partial charge on any atom is -0.383 e. The first-order valence-electron chi connectivity index (χ1n) is 5.16. The van der Waals surface area contributed by atoms with Gasteiger partial charge in [0.2, 0.25) is 0 Å². The lowest BCUT2D eigenvalue weighted by atomic mass is 10.4. The molecule has 1 rings (SSSR count). The molecule has 0 spiro atoms. The first kappa shape index (κ1) is 14.3. The lowest BCUT2D eigenvalue weighted by Gasteiger charge is -2.13. The second kappa shape index (κ2) is 6.27. The van der Waals surface area contributed by atoms with Gasteiger partial charge in [-0.15, -0.1) is 0 Å². The number of nitrogen functional groups attached to an aromatic ring is 1. The van der Waals surface area contributed by atoms with Gasteiger partial charge in [0.05, 0.1) is 19.7 Å². The molecule has 1 aromatic rings. The molecule has 4 N–H and O–H groups in total. The Morgan fingerprint density at radius 3 is 2.83 bits per heavy atom. The Labute approximate surface area is 108 Å². The van der Waals surface area contributed by atoms with Crippen molar-refractivity contribution in [2.75, 3.05) is 31.3 Å². The Balaban J connectivity index is 3.13. The minimum atomic E-state index is -0.593. The van der Waals surface area contributed by atoms with Gasteiger partial charge in [-0.1, -0.05) is 18.2 Å². The van der Waals surface area contributed by atoms with Gasteiger partial charge in [-0.05, 0) is 0 Å². The van der Waals surface area contributed by atoms with Crippen LogP contribution >= 0.6 is 11.6 Å².